The molecule has 0 aromatic heterocycles. The first-order valence-corrected chi connectivity index (χ1v) is 7.76. The molecule has 18 heavy (non-hydrogen) atoms. The summed E-state index contributed by atoms with van der Waals surface area (Å²) in [6.45, 7) is 2.72. The molecule has 1 heterocycles. The molecule has 4 nitrogen and oxygen atoms in total. The number of hydrogen-bond acceptors (Lipinski definition) is 3. The third kappa shape index (κ3) is 2.40. The largest absolute Gasteiger partial charge is 0.329 e. The maximum Gasteiger partial charge on any atom is 0.244 e. The van der Waals surface area contributed by atoms with Crippen molar-refractivity contribution in [2.45, 2.75) is 30.7 Å². The summed E-state index contributed by atoms with van der Waals surface area (Å²) in [5.41, 5.74) is 6.50. The second-order valence-corrected chi connectivity index (χ2v) is 6.85. The SMILES string of the molecule is Cc1ccc(Cl)c(S(=O)(=O)N2CCCC2CN)c1. The van der Waals surface area contributed by atoms with Gasteiger partial charge >= 0.3 is 0 Å². The van der Waals surface area contributed by atoms with Gasteiger partial charge in [-0.2, -0.15) is 4.31 Å². The van der Waals surface area contributed by atoms with E-state index in [1.165, 1.54) is 4.31 Å². The van der Waals surface area contributed by atoms with Crippen molar-refractivity contribution >= 4 is 21.6 Å². The molecule has 0 saturated carbocycles. The van der Waals surface area contributed by atoms with Gasteiger partial charge in [-0.15, -0.1) is 0 Å². The van der Waals surface area contributed by atoms with Gasteiger partial charge in [0.05, 0.1) is 5.02 Å². The number of halogens is 1. The molecule has 2 N–H and O–H groups in total. The van der Waals surface area contributed by atoms with Crippen LogP contribution in [0, 0.1) is 6.92 Å². The first-order chi connectivity index (χ1) is 8.46. The van der Waals surface area contributed by atoms with E-state index in [1.807, 2.05) is 6.92 Å². The van der Waals surface area contributed by atoms with E-state index in [1.54, 1.807) is 18.2 Å². The van der Waals surface area contributed by atoms with Crippen LogP contribution in [0.2, 0.25) is 5.02 Å². The minimum atomic E-state index is -3.53. The van der Waals surface area contributed by atoms with Gasteiger partial charge in [0.1, 0.15) is 4.90 Å². The van der Waals surface area contributed by atoms with Crippen LogP contribution in [0.5, 0.6) is 0 Å². The highest BCUT2D eigenvalue weighted by atomic mass is 35.5. The van der Waals surface area contributed by atoms with Crippen LogP contribution in [0.15, 0.2) is 23.1 Å². The average Bonchev–Trinajstić information content (AvgIpc) is 2.81. The Bertz CT molecular complexity index is 545. The summed E-state index contributed by atoms with van der Waals surface area (Å²) in [6.07, 6.45) is 1.67. The van der Waals surface area contributed by atoms with Gasteiger partial charge in [0, 0.05) is 19.1 Å². The van der Waals surface area contributed by atoms with Gasteiger partial charge in [-0.05, 0) is 37.5 Å². The third-order valence-corrected chi connectivity index (χ3v) is 5.70. The summed E-state index contributed by atoms with van der Waals surface area (Å²) in [5, 5.41) is 0.267. The highest BCUT2D eigenvalue weighted by molar-refractivity contribution is 7.89. The van der Waals surface area contributed by atoms with E-state index in [-0.39, 0.29) is 16.0 Å². The second kappa shape index (κ2) is 5.17. The summed E-state index contributed by atoms with van der Waals surface area (Å²) in [7, 11) is -3.53. The van der Waals surface area contributed by atoms with Crippen LogP contribution in [0.25, 0.3) is 0 Å². The molecule has 0 radical (unpaired) electrons. The van der Waals surface area contributed by atoms with Crippen molar-refractivity contribution in [3.05, 3.63) is 28.8 Å². The van der Waals surface area contributed by atoms with Gasteiger partial charge in [0.25, 0.3) is 0 Å². The van der Waals surface area contributed by atoms with Crippen LogP contribution in [0.4, 0.5) is 0 Å². The van der Waals surface area contributed by atoms with Crippen molar-refractivity contribution in [3.63, 3.8) is 0 Å². The van der Waals surface area contributed by atoms with Crippen molar-refractivity contribution in [1.82, 2.24) is 4.31 Å². The summed E-state index contributed by atoms with van der Waals surface area (Å²) >= 11 is 6.01. The van der Waals surface area contributed by atoms with Crippen LogP contribution in [-0.4, -0.2) is 31.9 Å². The number of nitrogens with zero attached hydrogens (tertiary/aromatic N) is 1. The van der Waals surface area contributed by atoms with Gasteiger partial charge in [0.2, 0.25) is 10.0 Å². The lowest BCUT2D eigenvalue weighted by molar-refractivity contribution is 0.393. The molecular formula is C12H17ClN2O2S. The van der Waals surface area contributed by atoms with Crippen LogP contribution in [0.1, 0.15) is 18.4 Å². The van der Waals surface area contributed by atoms with Crippen molar-refractivity contribution in [2.24, 2.45) is 5.73 Å². The Kier molecular flexibility index (Phi) is 3.96. The normalized spacial score (nSPS) is 21.4. The molecule has 0 amide bonds. The molecule has 0 bridgehead atoms. The van der Waals surface area contributed by atoms with Gasteiger partial charge in [-0.1, -0.05) is 17.7 Å². The highest BCUT2D eigenvalue weighted by Crippen LogP contribution is 2.30. The molecule has 1 unspecified atom stereocenters. The van der Waals surface area contributed by atoms with E-state index < -0.39 is 10.0 Å². The first-order valence-electron chi connectivity index (χ1n) is 5.95. The topological polar surface area (TPSA) is 63.4 Å². The molecule has 1 aliphatic heterocycles. The summed E-state index contributed by atoms with van der Waals surface area (Å²) in [4.78, 5) is 0.185. The van der Waals surface area contributed by atoms with Crippen LogP contribution in [0.3, 0.4) is 0 Å². The summed E-state index contributed by atoms with van der Waals surface area (Å²) in [5.74, 6) is 0. The van der Waals surface area contributed by atoms with Gasteiger partial charge < -0.3 is 5.73 Å². The molecule has 100 valence electrons. The van der Waals surface area contributed by atoms with Crippen LogP contribution < -0.4 is 5.73 Å². The number of nitrogens with two attached hydrogens (primary N) is 1. The number of hydrogen-bond donors (Lipinski definition) is 1. The monoisotopic (exact) mass is 288 g/mol. The molecule has 1 atom stereocenters. The van der Waals surface area contributed by atoms with Crippen molar-refractivity contribution < 1.29 is 8.42 Å². The second-order valence-electron chi connectivity index (χ2n) is 4.58. The zero-order chi connectivity index (χ0) is 13.3. The number of aryl methyl sites for hydroxylation is 1. The summed E-state index contributed by atoms with van der Waals surface area (Å²) < 4.78 is 26.6. The van der Waals surface area contributed by atoms with Crippen molar-refractivity contribution in [3.8, 4) is 0 Å². The maximum absolute atomic E-state index is 12.6. The molecule has 0 aliphatic carbocycles. The highest BCUT2D eigenvalue weighted by Gasteiger charge is 2.35. The maximum atomic E-state index is 12.6. The fourth-order valence-electron chi connectivity index (χ4n) is 2.30. The Labute approximate surface area is 113 Å². The smallest absolute Gasteiger partial charge is 0.244 e. The molecule has 0 spiro atoms. The quantitative estimate of drug-likeness (QED) is 0.922. The standard InChI is InChI=1S/C12H17ClN2O2S/c1-9-4-5-11(13)12(7-9)18(16,17)15-6-2-3-10(15)8-14/h4-5,7,10H,2-3,6,8,14H2,1H3. The van der Waals surface area contributed by atoms with Crippen LogP contribution >= 0.6 is 11.6 Å². The summed E-state index contributed by atoms with van der Waals surface area (Å²) in [6, 6.07) is 4.93. The van der Waals surface area contributed by atoms with Crippen LogP contribution in [-0.2, 0) is 10.0 Å². The predicted molar refractivity (Wildman–Crippen MR) is 72.2 cm³/mol. The number of benzene rings is 1. The van der Waals surface area contributed by atoms with E-state index in [0.29, 0.717) is 13.1 Å². The van der Waals surface area contributed by atoms with Crippen molar-refractivity contribution in [2.75, 3.05) is 13.1 Å². The number of rotatable bonds is 3. The Morgan fingerprint density at radius 1 is 1.50 bits per heavy atom. The molecule has 2 rings (SSSR count). The Hall–Kier alpha value is -0.620. The first kappa shape index (κ1) is 13.8. The minimum Gasteiger partial charge on any atom is -0.329 e. The molecule has 6 heteroatoms. The van der Waals surface area contributed by atoms with Crippen molar-refractivity contribution in [1.29, 1.82) is 0 Å². The zero-order valence-electron chi connectivity index (χ0n) is 10.3. The zero-order valence-corrected chi connectivity index (χ0v) is 11.8. The van der Waals surface area contributed by atoms with Gasteiger partial charge in [0.15, 0.2) is 0 Å². The Balaban J connectivity index is 2.45. The predicted octanol–water partition coefficient (Wildman–Crippen LogP) is 1.76. The fourth-order valence-corrected chi connectivity index (χ4v) is 4.56. The Morgan fingerprint density at radius 2 is 2.22 bits per heavy atom. The lowest BCUT2D eigenvalue weighted by Crippen LogP contribution is -2.39. The lowest BCUT2D eigenvalue weighted by atomic mass is 10.2. The van der Waals surface area contributed by atoms with E-state index in [9.17, 15) is 8.42 Å². The molecule has 1 aromatic rings. The van der Waals surface area contributed by atoms with E-state index in [4.69, 9.17) is 17.3 Å². The molecule has 1 aliphatic rings. The Morgan fingerprint density at radius 3 is 2.89 bits per heavy atom. The minimum absolute atomic E-state index is 0.105. The van der Waals surface area contributed by atoms with E-state index in [2.05, 4.69) is 0 Å². The third-order valence-electron chi connectivity index (χ3n) is 3.27. The van der Waals surface area contributed by atoms with E-state index >= 15 is 0 Å². The van der Waals surface area contributed by atoms with E-state index in [0.717, 1.165) is 18.4 Å². The molecule has 1 saturated heterocycles. The average molecular weight is 289 g/mol. The molecule has 1 fully saturated rings. The fraction of sp³-hybridized carbons (Fsp3) is 0.500. The van der Waals surface area contributed by atoms with Gasteiger partial charge in [-0.25, -0.2) is 8.42 Å². The molecule has 1 aromatic carbocycles. The van der Waals surface area contributed by atoms with Gasteiger partial charge in [-0.3, -0.25) is 0 Å². The molecular weight excluding hydrogens is 272 g/mol. The number of sulfonamides is 1. The lowest BCUT2D eigenvalue weighted by Gasteiger charge is -2.23.